The quantitative estimate of drug-likeness (QED) is 0.130. The van der Waals surface area contributed by atoms with E-state index in [9.17, 15) is 0 Å². The van der Waals surface area contributed by atoms with Gasteiger partial charge in [0.05, 0.1) is 26.2 Å². The summed E-state index contributed by atoms with van der Waals surface area (Å²) in [4.78, 5) is 0. The Kier molecular flexibility index (Phi) is 1360. The average Bonchev–Trinajstić information content (AvgIpc) is 3.18. The molecule has 0 aliphatic rings. The second-order valence-corrected chi connectivity index (χ2v) is 5.65. The van der Waals surface area contributed by atoms with E-state index >= 15 is 0 Å². The van der Waals surface area contributed by atoms with Crippen molar-refractivity contribution in [3.63, 3.8) is 0 Å². The summed E-state index contributed by atoms with van der Waals surface area (Å²) < 4.78 is 1.42. The molecule has 0 atom stereocenters. The number of unbranched alkanes of at least 4 members (excludes halogenated alkanes) is 4. The van der Waals surface area contributed by atoms with Gasteiger partial charge in [0.15, 0.2) is 0 Å². The Balaban J connectivity index is -0.00000000805. The minimum Gasteiger partial charge on any atom is -2.00 e. The zero-order chi connectivity index (χ0) is 39.0. The van der Waals surface area contributed by atoms with E-state index in [1.165, 1.54) is 82.0 Å². The SMILES string of the molecule is CCCC[N+](CCCC)(CCCC)CCCC.C[O-].C[O-].C[O-].C[O-].C[O-].C[O-].C[O-].C[O-].C[O-].C[O-].C[O-].C[O-].C[O-].[Hf+4].[O-2].[O-2].[O-2].[O-2].[O-2].[O-2].[V+4].[V+4].[V+4].[V+4].[V+4]. The van der Waals surface area contributed by atoms with Crippen LogP contribution in [-0.2, 0) is 151 Å². The van der Waals surface area contributed by atoms with Gasteiger partial charge in [0, 0.05) is 0 Å². The van der Waals surface area contributed by atoms with Gasteiger partial charge in [0.25, 0.3) is 0 Å². The number of hydrogen-bond donors (Lipinski definition) is 0. The van der Waals surface area contributed by atoms with Gasteiger partial charge >= 0.3 is 119 Å². The van der Waals surface area contributed by atoms with Crippen molar-refractivity contribution in [1.29, 1.82) is 0 Å². The topological polar surface area (TPSA) is 471 Å². The molecule has 26 heteroatoms. The van der Waals surface area contributed by atoms with E-state index in [2.05, 4.69) is 27.7 Å². The predicted octanol–water partition coefficient (Wildman–Crippen LogP) is -9.03. The van der Waals surface area contributed by atoms with E-state index in [4.69, 9.17) is 66.4 Å². The van der Waals surface area contributed by atoms with Crippen molar-refractivity contribution in [2.45, 2.75) is 79.1 Å². The normalized spacial score (nSPS) is 5.13. The molecule has 0 heterocycles. The molecule has 0 aromatic heterocycles. The zero-order valence-corrected chi connectivity index (χ0v) is 47.0. The second-order valence-electron chi connectivity index (χ2n) is 5.65. The molecule has 55 heavy (non-hydrogen) atoms. The van der Waals surface area contributed by atoms with Gasteiger partial charge < -0.3 is 104 Å². The van der Waals surface area contributed by atoms with Gasteiger partial charge in [-0.15, -0.1) is 0 Å². The maximum absolute atomic E-state index is 8.25. The molecule has 0 aromatic carbocycles. The van der Waals surface area contributed by atoms with Crippen LogP contribution in [0.5, 0.6) is 0 Å². The fourth-order valence-electron chi connectivity index (χ4n) is 2.64. The van der Waals surface area contributed by atoms with Gasteiger partial charge in [-0.1, -0.05) is 53.4 Å². The average molecular weight is 1180 g/mol. The number of hydrogen-bond acceptors (Lipinski definition) is 13. The summed E-state index contributed by atoms with van der Waals surface area (Å²) in [6.07, 6.45) is 11.1. The van der Waals surface area contributed by atoms with Crippen LogP contribution in [-0.4, -0.2) is 123 Å². The molecule has 0 aliphatic heterocycles. The zero-order valence-electron chi connectivity index (χ0n) is 36.4. The molecule has 0 unspecified atom stereocenters. The Morgan fingerprint density at radius 3 is 0.364 bits per heavy atom. The minimum absolute atomic E-state index is 0. The summed E-state index contributed by atoms with van der Waals surface area (Å²) in [5, 5.41) is 107. The Bertz CT molecular complexity index is 195. The summed E-state index contributed by atoms with van der Waals surface area (Å²) in [6.45, 7) is 15.0. The standard InChI is InChI=1S/C16H36N.13CH3O.Hf.6O.5V/c1-5-9-13-17(14-10-6-2,15-11-7-3)16-12-8-4;13*1-2;;;;;;;;;;;;/h5-16H2,1-4H3;13*1H3;;;;;;;;;;;;/q+1;13*-1;+4;6*-2;5*+4. The van der Waals surface area contributed by atoms with Crippen molar-refractivity contribution in [1.82, 2.24) is 0 Å². The Labute approximate surface area is 416 Å². The van der Waals surface area contributed by atoms with Crippen molar-refractivity contribution in [3.05, 3.63) is 0 Å². The maximum Gasteiger partial charge on any atom is 4.00 e. The molecular weight excluding hydrogens is 1100 g/mol. The maximum atomic E-state index is 8.25. The molecular formula is C29H75HfNO19V5. The van der Waals surface area contributed by atoms with Gasteiger partial charge in [-0.3, -0.25) is 0 Å². The van der Waals surface area contributed by atoms with Crippen LogP contribution in [0, 0.1) is 0 Å². The second kappa shape index (κ2) is 405. The molecule has 0 fully saturated rings. The Morgan fingerprint density at radius 1 is 0.236 bits per heavy atom. The van der Waals surface area contributed by atoms with Crippen LogP contribution in [0.2, 0.25) is 0 Å². The monoisotopic (exact) mass is 1180 g/mol. The van der Waals surface area contributed by atoms with Gasteiger partial charge in [-0.05, 0) is 25.7 Å². The van der Waals surface area contributed by atoms with Crippen molar-refractivity contribution in [3.8, 4) is 0 Å². The number of quaternary nitrogens is 1. The molecule has 0 saturated carbocycles. The van der Waals surface area contributed by atoms with E-state index in [0.717, 1.165) is 92.4 Å². The van der Waals surface area contributed by atoms with Crippen LogP contribution in [0.4, 0.5) is 0 Å². The fraction of sp³-hybridized carbons (Fsp3) is 1.00. The Hall–Kier alpha value is 2.99. The Morgan fingerprint density at radius 2 is 0.309 bits per heavy atom. The molecule has 0 aromatic rings. The van der Waals surface area contributed by atoms with E-state index in [1.807, 2.05) is 0 Å². The molecule has 0 aliphatic carbocycles. The van der Waals surface area contributed by atoms with Gasteiger partial charge in [-0.2, -0.15) is 92.4 Å². The van der Waals surface area contributed by atoms with Crippen LogP contribution >= 0.6 is 0 Å². The third-order valence-electron chi connectivity index (χ3n) is 3.94. The first-order valence-electron chi connectivity index (χ1n) is 13.4. The summed E-state index contributed by atoms with van der Waals surface area (Å²) in [5.41, 5.74) is 0. The van der Waals surface area contributed by atoms with Crippen LogP contribution in [0.3, 0.4) is 0 Å². The molecule has 0 bridgehead atoms. The smallest absolute Gasteiger partial charge is 2.00 e. The molecule has 0 spiro atoms. The van der Waals surface area contributed by atoms with Crippen LogP contribution in [0.15, 0.2) is 0 Å². The third-order valence-corrected chi connectivity index (χ3v) is 3.94. The van der Waals surface area contributed by atoms with Crippen LogP contribution in [0.1, 0.15) is 79.1 Å². The number of nitrogens with zero attached hydrogens (tertiary/aromatic N) is 1. The molecule has 0 amide bonds. The number of rotatable bonds is 12. The van der Waals surface area contributed by atoms with Gasteiger partial charge in [0.2, 0.25) is 0 Å². The molecule has 0 saturated heterocycles. The summed E-state index contributed by atoms with van der Waals surface area (Å²) in [5.74, 6) is 0. The molecule has 0 rings (SSSR count). The van der Waals surface area contributed by atoms with Gasteiger partial charge in [0.1, 0.15) is 0 Å². The minimum atomic E-state index is 0. The summed E-state index contributed by atoms with van der Waals surface area (Å²) in [7, 11) is 9.75. The largest absolute Gasteiger partial charge is 4.00 e. The molecule has 20 nitrogen and oxygen atoms in total. The van der Waals surface area contributed by atoms with E-state index < -0.39 is 0 Å². The first-order valence-corrected chi connectivity index (χ1v) is 13.4. The van der Waals surface area contributed by atoms with E-state index in [-0.39, 0.29) is 151 Å². The first kappa shape index (κ1) is 184. The predicted molar refractivity (Wildman–Crippen MR) is 160 cm³/mol. The third kappa shape index (κ3) is 326. The van der Waals surface area contributed by atoms with E-state index in [0.29, 0.717) is 0 Å². The van der Waals surface area contributed by atoms with Crippen LogP contribution < -0.4 is 66.4 Å². The first-order chi connectivity index (χ1) is 21.2. The van der Waals surface area contributed by atoms with Crippen molar-refractivity contribution in [2.24, 2.45) is 0 Å². The van der Waals surface area contributed by atoms with Crippen molar-refractivity contribution in [2.75, 3.05) is 119 Å². The molecule has 339 valence electrons. The van der Waals surface area contributed by atoms with Gasteiger partial charge in [-0.25, -0.2) is 0 Å². The molecule has 0 N–H and O–H groups in total. The van der Waals surface area contributed by atoms with Crippen molar-refractivity contribution < 1.29 is 222 Å². The van der Waals surface area contributed by atoms with E-state index in [1.54, 1.807) is 0 Å². The van der Waals surface area contributed by atoms with Crippen LogP contribution in [0.25, 0.3) is 0 Å². The molecule has 5 radical (unpaired) electrons. The fourth-order valence-corrected chi connectivity index (χ4v) is 2.64. The summed E-state index contributed by atoms with van der Waals surface area (Å²) >= 11 is 0. The summed E-state index contributed by atoms with van der Waals surface area (Å²) in [6, 6.07) is 0. The van der Waals surface area contributed by atoms with Crippen molar-refractivity contribution >= 4 is 0 Å².